The van der Waals surface area contributed by atoms with Gasteiger partial charge in [-0.25, -0.2) is 0 Å². The first-order chi connectivity index (χ1) is 10.3. The van der Waals surface area contributed by atoms with Crippen LogP contribution < -0.4 is 0 Å². The van der Waals surface area contributed by atoms with Gasteiger partial charge in [-0.1, -0.05) is 36.4 Å². The largest absolute Gasteiger partial charge is 0.371 e. The highest BCUT2D eigenvalue weighted by atomic mass is 16.7. The topological polar surface area (TPSA) is 49.9 Å². The van der Waals surface area contributed by atoms with Gasteiger partial charge in [0.1, 0.15) is 0 Å². The Hall–Kier alpha value is -2.40. The third-order valence-electron chi connectivity index (χ3n) is 3.74. The molecule has 21 heavy (non-hydrogen) atoms. The first kappa shape index (κ1) is 13.6. The van der Waals surface area contributed by atoms with E-state index < -0.39 is 0 Å². The smallest absolute Gasteiger partial charge is 0.312 e. The second kappa shape index (κ2) is 5.93. The summed E-state index contributed by atoms with van der Waals surface area (Å²) in [5, 5.41) is 3.60. The van der Waals surface area contributed by atoms with Crippen molar-refractivity contribution in [3.8, 4) is 0 Å². The first-order valence-electron chi connectivity index (χ1n) is 6.92. The molecule has 5 nitrogen and oxygen atoms in total. The minimum absolute atomic E-state index is 0.0255. The fourth-order valence-electron chi connectivity index (χ4n) is 2.64. The zero-order valence-corrected chi connectivity index (χ0v) is 11.6. The molecule has 2 aromatic carbocycles. The molecule has 1 aliphatic heterocycles. The predicted molar refractivity (Wildman–Crippen MR) is 78.6 cm³/mol. The Labute approximate surface area is 122 Å². The molecule has 108 valence electrons. The molecule has 1 aliphatic rings. The first-order valence-corrected chi connectivity index (χ1v) is 6.92. The van der Waals surface area contributed by atoms with E-state index in [4.69, 9.17) is 4.84 Å². The fraction of sp³-hybridized carbons (Fsp3) is 0.250. The summed E-state index contributed by atoms with van der Waals surface area (Å²) in [7, 11) is 0. The van der Waals surface area contributed by atoms with Gasteiger partial charge in [-0.15, -0.1) is 5.06 Å². The molecular formula is C16H16N2O3. The lowest BCUT2D eigenvalue weighted by atomic mass is 10.0. The van der Waals surface area contributed by atoms with Crippen molar-refractivity contribution in [3.05, 3.63) is 48.0 Å². The van der Waals surface area contributed by atoms with Crippen LogP contribution in [-0.4, -0.2) is 48.5 Å². The molecule has 1 amide bonds. The number of hydrogen-bond acceptors (Lipinski definition) is 4. The van der Waals surface area contributed by atoms with E-state index in [-0.39, 0.29) is 5.91 Å². The van der Waals surface area contributed by atoms with Crippen LogP contribution in [0, 0.1) is 0 Å². The summed E-state index contributed by atoms with van der Waals surface area (Å²) >= 11 is 0. The molecule has 3 rings (SSSR count). The summed E-state index contributed by atoms with van der Waals surface area (Å²) in [5.74, 6) is 0.0255. The van der Waals surface area contributed by atoms with Crippen molar-refractivity contribution >= 4 is 23.2 Å². The van der Waals surface area contributed by atoms with E-state index in [0.29, 0.717) is 32.7 Å². The van der Waals surface area contributed by atoms with Crippen LogP contribution in [0.1, 0.15) is 10.4 Å². The molecular weight excluding hydrogens is 268 g/mol. The van der Waals surface area contributed by atoms with Crippen LogP contribution in [0.25, 0.3) is 10.8 Å². The number of benzene rings is 2. The van der Waals surface area contributed by atoms with Crippen LogP contribution in [0.2, 0.25) is 0 Å². The van der Waals surface area contributed by atoms with Gasteiger partial charge in [-0.05, 0) is 16.8 Å². The Morgan fingerprint density at radius 2 is 1.71 bits per heavy atom. The van der Waals surface area contributed by atoms with E-state index in [1.165, 1.54) is 0 Å². The van der Waals surface area contributed by atoms with Gasteiger partial charge in [-0.3, -0.25) is 9.59 Å². The molecule has 0 atom stereocenters. The van der Waals surface area contributed by atoms with Crippen molar-refractivity contribution < 1.29 is 14.4 Å². The molecule has 1 fully saturated rings. The minimum Gasteiger partial charge on any atom is -0.371 e. The van der Waals surface area contributed by atoms with E-state index in [2.05, 4.69) is 0 Å². The molecule has 0 bridgehead atoms. The third-order valence-corrected chi connectivity index (χ3v) is 3.74. The lowest BCUT2D eigenvalue weighted by Crippen LogP contribution is -2.48. The number of nitrogens with zero attached hydrogens (tertiary/aromatic N) is 2. The van der Waals surface area contributed by atoms with Crippen LogP contribution in [0.4, 0.5) is 0 Å². The lowest BCUT2D eigenvalue weighted by Gasteiger charge is -2.32. The standard InChI is InChI=1S/C16H16N2O3/c19-12-21-18-10-8-17(9-11-18)16(20)15-7-3-5-13-4-1-2-6-14(13)15/h1-7,12H,8-11H2. The summed E-state index contributed by atoms with van der Waals surface area (Å²) in [6.45, 7) is 2.60. The van der Waals surface area contributed by atoms with Gasteiger partial charge in [0.15, 0.2) is 0 Å². The highest BCUT2D eigenvalue weighted by molar-refractivity contribution is 6.07. The van der Waals surface area contributed by atoms with Crippen LogP contribution >= 0.6 is 0 Å². The number of hydroxylamine groups is 2. The van der Waals surface area contributed by atoms with Crippen molar-refractivity contribution in [2.75, 3.05) is 26.2 Å². The zero-order chi connectivity index (χ0) is 14.7. The van der Waals surface area contributed by atoms with Crippen LogP contribution in [0.3, 0.4) is 0 Å². The van der Waals surface area contributed by atoms with E-state index in [0.717, 1.165) is 16.3 Å². The number of rotatable bonds is 3. The molecule has 0 spiro atoms. The van der Waals surface area contributed by atoms with Gasteiger partial charge in [0.2, 0.25) is 0 Å². The summed E-state index contributed by atoms with van der Waals surface area (Å²) < 4.78 is 0. The molecule has 0 aliphatic carbocycles. The summed E-state index contributed by atoms with van der Waals surface area (Å²) in [5.41, 5.74) is 0.720. The van der Waals surface area contributed by atoms with Crippen molar-refractivity contribution in [2.24, 2.45) is 0 Å². The van der Waals surface area contributed by atoms with Crippen LogP contribution in [0.5, 0.6) is 0 Å². The number of piperazine rings is 1. The maximum atomic E-state index is 12.7. The van der Waals surface area contributed by atoms with Crippen molar-refractivity contribution in [1.82, 2.24) is 9.96 Å². The molecule has 0 radical (unpaired) electrons. The summed E-state index contributed by atoms with van der Waals surface area (Å²) in [4.78, 5) is 29.6. The van der Waals surface area contributed by atoms with E-state index in [1.807, 2.05) is 42.5 Å². The second-order valence-corrected chi connectivity index (χ2v) is 4.95. The van der Waals surface area contributed by atoms with Crippen LogP contribution in [-0.2, 0) is 9.63 Å². The van der Waals surface area contributed by atoms with Gasteiger partial charge in [0, 0.05) is 18.7 Å². The Morgan fingerprint density at radius 3 is 2.48 bits per heavy atom. The zero-order valence-electron chi connectivity index (χ0n) is 11.6. The number of carbonyl (C=O) groups is 2. The normalized spacial score (nSPS) is 15.9. The number of hydrogen-bond donors (Lipinski definition) is 0. The fourth-order valence-corrected chi connectivity index (χ4v) is 2.64. The molecule has 0 saturated carbocycles. The van der Waals surface area contributed by atoms with Gasteiger partial charge in [0.25, 0.3) is 5.91 Å². The number of fused-ring (bicyclic) bond motifs is 1. The Bertz CT molecular complexity index is 658. The molecule has 2 aromatic rings. The summed E-state index contributed by atoms with van der Waals surface area (Å²) in [6.07, 6.45) is 0. The van der Waals surface area contributed by atoms with Crippen molar-refractivity contribution in [3.63, 3.8) is 0 Å². The average Bonchev–Trinajstić information content (AvgIpc) is 2.55. The SMILES string of the molecule is O=CON1CCN(C(=O)c2cccc3ccccc23)CC1. The lowest BCUT2D eigenvalue weighted by molar-refractivity contribution is -0.179. The molecule has 1 saturated heterocycles. The molecule has 5 heteroatoms. The highest BCUT2D eigenvalue weighted by Gasteiger charge is 2.23. The van der Waals surface area contributed by atoms with Gasteiger partial charge >= 0.3 is 6.47 Å². The Morgan fingerprint density at radius 1 is 1.00 bits per heavy atom. The molecule has 0 N–H and O–H groups in total. The summed E-state index contributed by atoms with van der Waals surface area (Å²) in [6, 6.07) is 13.6. The highest BCUT2D eigenvalue weighted by Crippen LogP contribution is 2.20. The Kier molecular flexibility index (Phi) is 3.83. The van der Waals surface area contributed by atoms with Crippen molar-refractivity contribution in [1.29, 1.82) is 0 Å². The maximum absolute atomic E-state index is 12.7. The van der Waals surface area contributed by atoms with E-state index >= 15 is 0 Å². The average molecular weight is 284 g/mol. The number of amides is 1. The van der Waals surface area contributed by atoms with E-state index in [9.17, 15) is 9.59 Å². The minimum atomic E-state index is 0.0255. The molecule has 0 aromatic heterocycles. The van der Waals surface area contributed by atoms with Crippen LogP contribution in [0.15, 0.2) is 42.5 Å². The Balaban J connectivity index is 1.80. The van der Waals surface area contributed by atoms with Gasteiger partial charge in [-0.2, -0.15) is 0 Å². The van der Waals surface area contributed by atoms with E-state index in [1.54, 1.807) is 9.96 Å². The molecule has 1 heterocycles. The quantitative estimate of drug-likeness (QED) is 0.805. The van der Waals surface area contributed by atoms with Gasteiger partial charge < -0.3 is 9.74 Å². The number of carbonyl (C=O) groups excluding carboxylic acids is 2. The predicted octanol–water partition coefficient (Wildman–Crippen LogP) is 1.69. The molecule has 0 unspecified atom stereocenters. The van der Waals surface area contributed by atoms with Gasteiger partial charge in [0.05, 0.1) is 13.1 Å². The van der Waals surface area contributed by atoms with Crippen molar-refractivity contribution in [2.45, 2.75) is 0 Å². The maximum Gasteiger partial charge on any atom is 0.312 e. The third kappa shape index (κ3) is 2.73. The second-order valence-electron chi connectivity index (χ2n) is 4.95. The monoisotopic (exact) mass is 284 g/mol.